The molecule has 0 amide bonds. The van der Waals surface area contributed by atoms with Crippen LogP contribution in [0.15, 0.2) is 24.3 Å². The fourth-order valence-corrected chi connectivity index (χ4v) is 1.30. The Hall–Kier alpha value is -1.29. The number of benzene rings is 1. The Morgan fingerprint density at radius 3 is 2.45 bits per heavy atom. The first-order valence-electron chi connectivity index (χ1n) is 3.75. The van der Waals surface area contributed by atoms with Gasteiger partial charge in [0.25, 0.3) is 0 Å². The second kappa shape index (κ2) is 2.10. The average molecular weight is 142 g/mol. The minimum absolute atomic E-state index is 0.130. The fraction of sp³-hybridized carbons (Fsp3) is 0.300. The minimum Gasteiger partial charge on any atom is -0.197 e. The molecule has 1 radical (unpaired) electrons. The molecule has 0 unspecified atom stereocenters. The van der Waals surface area contributed by atoms with Crippen LogP contribution in [0.5, 0.6) is 0 Å². The first kappa shape index (κ1) is 6.42. The lowest BCUT2D eigenvalue weighted by atomic mass is 9.98. The van der Waals surface area contributed by atoms with Gasteiger partial charge in [0.2, 0.25) is 0 Å². The molecule has 1 aliphatic carbocycles. The molecule has 11 heavy (non-hydrogen) atoms. The lowest BCUT2D eigenvalue weighted by Gasteiger charge is -2.03. The number of nitrogens with zero attached hydrogens (tertiary/aromatic N) is 1. The molecule has 1 saturated carbocycles. The van der Waals surface area contributed by atoms with Crippen molar-refractivity contribution in [3.8, 4) is 6.07 Å². The molecule has 0 N–H and O–H groups in total. The topological polar surface area (TPSA) is 23.8 Å². The molecule has 0 aliphatic heterocycles. The van der Waals surface area contributed by atoms with Crippen LogP contribution in [-0.4, -0.2) is 0 Å². The summed E-state index contributed by atoms with van der Waals surface area (Å²) in [6, 6.07) is 13.0. The minimum atomic E-state index is -0.130. The smallest absolute Gasteiger partial charge is 0.0823 e. The third-order valence-electron chi connectivity index (χ3n) is 2.23. The molecule has 1 heteroatoms. The predicted octanol–water partition coefficient (Wildman–Crippen LogP) is 2.04. The van der Waals surface area contributed by atoms with Gasteiger partial charge in [0.15, 0.2) is 0 Å². The second-order valence-corrected chi connectivity index (χ2v) is 2.98. The maximum atomic E-state index is 8.85. The number of hydrogen-bond acceptors (Lipinski definition) is 1. The van der Waals surface area contributed by atoms with Crippen molar-refractivity contribution in [3.63, 3.8) is 0 Å². The van der Waals surface area contributed by atoms with Gasteiger partial charge in [-0.05, 0) is 24.5 Å². The molecule has 0 aromatic heterocycles. The Morgan fingerprint density at radius 1 is 1.36 bits per heavy atom. The van der Waals surface area contributed by atoms with Gasteiger partial charge in [0, 0.05) is 0 Å². The van der Waals surface area contributed by atoms with Gasteiger partial charge in [0.1, 0.15) is 0 Å². The van der Waals surface area contributed by atoms with Crippen molar-refractivity contribution < 1.29 is 0 Å². The van der Waals surface area contributed by atoms with Gasteiger partial charge >= 0.3 is 0 Å². The van der Waals surface area contributed by atoms with E-state index < -0.39 is 0 Å². The first-order valence-corrected chi connectivity index (χ1v) is 3.75. The van der Waals surface area contributed by atoms with Gasteiger partial charge in [-0.1, -0.05) is 24.3 Å². The van der Waals surface area contributed by atoms with E-state index in [4.69, 9.17) is 5.26 Å². The summed E-state index contributed by atoms with van der Waals surface area (Å²) in [4.78, 5) is 0. The van der Waals surface area contributed by atoms with E-state index in [2.05, 4.69) is 12.1 Å². The van der Waals surface area contributed by atoms with Gasteiger partial charge in [-0.15, -0.1) is 0 Å². The summed E-state index contributed by atoms with van der Waals surface area (Å²) in [5, 5.41) is 8.85. The third kappa shape index (κ3) is 0.914. The highest BCUT2D eigenvalue weighted by atomic mass is 14.5. The van der Waals surface area contributed by atoms with Crippen LogP contribution in [-0.2, 0) is 5.41 Å². The van der Waals surface area contributed by atoms with E-state index >= 15 is 0 Å². The van der Waals surface area contributed by atoms with Crippen molar-refractivity contribution in [2.24, 2.45) is 0 Å². The fourth-order valence-electron chi connectivity index (χ4n) is 1.30. The standard InChI is InChI=1S/C10H8N/c11-8-10(6-7-10)9-4-2-1-3-5-9/h2-5H,6-7H2. The van der Waals surface area contributed by atoms with Crippen LogP contribution in [0, 0.1) is 17.4 Å². The van der Waals surface area contributed by atoms with Crippen molar-refractivity contribution in [1.29, 1.82) is 5.26 Å². The Kier molecular flexibility index (Phi) is 1.22. The average Bonchev–Trinajstić information content (AvgIpc) is 2.86. The van der Waals surface area contributed by atoms with E-state index in [9.17, 15) is 0 Å². The summed E-state index contributed by atoms with van der Waals surface area (Å²) in [7, 11) is 0. The molecule has 1 aromatic carbocycles. The highest BCUT2D eigenvalue weighted by molar-refractivity contribution is 5.38. The number of rotatable bonds is 1. The molecule has 0 spiro atoms. The summed E-state index contributed by atoms with van der Waals surface area (Å²) < 4.78 is 0. The van der Waals surface area contributed by atoms with Crippen LogP contribution in [0.4, 0.5) is 0 Å². The molecule has 53 valence electrons. The van der Waals surface area contributed by atoms with Crippen LogP contribution in [0.25, 0.3) is 0 Å². The van der Waals surface area contributed by atoms with Crippen molar-refractivity contribution in [1.82, 2.24) is 0 Å². The molecule has 0 atom stereocenters. The van der Waals surface area contributed by atoms with Crippen molar-refractivity contribution in [2.45, 2.75) is 18.3 Å². The maximum absolute atomic E-state index is 8.85. The normalized spacial score (nSPS) is 18.8. The van der Waals surface area contributed by atoms with Crippen LogP contribution in [0.1, 0.15) is 18.4 Å². The maximum Gasteiger partial charge on any atom is 0.0823 e. The summed E-state index contributed by atoms with van der Waals surface area (Å²) >= 11 is 0. The Balaban J connectivity index is 2.39. The first-order chi connectivity index (χ1) is 5.37. The third-order valence-corrected chi connectivity index (χ3v) is 2.23. The van der Waals surface area contributed by atoms with Crippen molar-refractivity contribution in [2.75, 3.05) is 0 Å². The van der Waals surface area contributed by atoms with E-state index in [0.717, 1.165) is 18.4 Å². The lowest BCUT2D eigenvalue weighted by molar-refractivity contribution is 0.908. The monoisotopic (exact) mass is 142 g/mol. The summed E-state index contributed by atoms with van der Waals surface area (Å²) in [5.74, 6) is 0. The lowest BCUT2D eigenvalue weighted by Crippen LogP contribution is -2.00. The zero-order valence-electron chi connectivity index (χ0n) is 6.17. The molecule has 2 rings (SSSR count). The second-order valence-electron chi connectivity index (χ2n) is 2.98. The Bertz CT molecular complexity index is 290. The van der Waals surface area contributed by atoms with E-state index in [0.29, 0.717) is 0 Å². The quantitative estimate of drug-likeness (QED) is 0.588. The molecule has 0 heterocycles. The van der Waals surface area contributed by atoms with Gasteiger partial charge in [-0.25, -0.2) is 0 Å². The zero-order chi connectivity index (χ0) is 7.73. The van der Waals surface area contributed by atoms with E-state index in [1.54, 1.807) is 0 Å². The van der Waals surface area contributed by atoms with Crippen LogP contribution in [0.2, 0.25) is 0 Å². The van der Waals surface area contributed by atoms with Gasteiger partial charge < -0.3 is 0 Å². The van der Waals surface area contributed by atoms with Gasteiger partial charge in [-0.2, -0.15) is 5.26 Å². The molecular formula is C10H8N. The largest absolute Gasteiger partial charge is 0.197 e. The van der Waals surface area contributed by atoms with E-state index in [-0.39, 0.29) is 5.41 Å². The molecule has 0 saturated heterocycles. The highest BCUT2D eigenvalue weighted by Gasteiger charge is 2.44. The van der Waals surface area contributed by atoms with Gasteiger partial charge in [0.05, 0.1) is 11.5 Å². The van der Waals surface area contributed by atoms with Crippen LogP contribution < -0.4 is 0 Å². The van der Waals surface area contributed by atoms with Crippen molar-refractivity contribution >= 4 is 0 Å². The van der Waals surface area contributed by atoms with Crippen LogP contribution >= 0.6 is 0 Å². The van der Waals surface area contributed by atoms with Crippen LogP contribution in [0.3, 0.4) is 0 Å². The predicted molar refractivity (Wildman–Crippen MR) is 41.8 cm³/mol. The number of hydrogen-bond donors (Lipinski definition) is 0. The summed E-state index contributed by atoms with van der Waals surface area (Å²) in [6.45, 7) is 0. The molecule has 0 bridgehead atoms. The summed E-state index contributed by atoms with van der Waals surface area (Å²) in [5.41, 5.74) is 1.02. The molecule has 1 aromatic rings. The SMILES string of the molecule is N#CC1(c2cc[c]cc2)CC1. The number of nitriles is 1. The molecule has 1 nitrogen and oxygen atoms in total. The molecular weight excluding hydrogens is 134 g/mol. The zero-order valence-corrected chi connectivity index (χ0v) is 6.17. The van der Waals surface area contributed by atoms with E-state index in [1.165, 1.54) is 0 Å². The summed E-state index contributed by atoms with van der Waals surface area (Å²) in [6.07, 6.45) is 2.04. The van der Waals surface area contributed by atoms with E-state index in [1.807, 2.05) is 24.3 Å². The van der Waals surface area contributed by atoms with Crippen molar-refractivity contribution in [3.05, 3.63) is 35.9 Å². The Labute approximate surface area is 66.3 Å². The molecule has 1 aliphatic rings. The highest BCUT2D eigenvalue weighted by Crippen LogP contribution is 2.47. The Morgan fingerprint density at radius 2 is 2.00 bits per heavy atom. The molecule has 1 fully saturated rings. The van der Waals surface area contributed by atoms with Gasteiger partial charge in [-0.3, -0.25) is 0 Å².